The smallest absolute Gasteiger partial charge is 0.220 e. The Morgan fingerprint density at radius 1 is 1.03 bits per heavy atom. The first-order valence-electron chi connectivity index (χ1n) is 11.3. The highest BCUT2D eigenvalue weighted by Crippen LogP contribution is 2.20. The Morgan fingerprint density at radius 3 is 2.33 bits per heavy atom. The number of likely N-dealkylation sites (tertiary alicyclic amines) is 1. The first-order valence-corrected chi connectivity index (χ1v) is 11.3. The molecule has 2 aliphatic rings. The number of nitrogens with one attached hydrogen (secondary N) is 2. The Kier molecular flexibility index (Phi) is 8.96. The molecule has 3 rings (SSSR count). The maximum atomic E-state index is 11.6. The highest BCUT2D eigenvalue weighted by molar-refractivity contribution is 5.80. The molecule has 1 aromatic carbocycles. The lowest BCUT2D eigenvalue weighted by molar-refractivity contribution is -0.121. The zero-order valence-corrected chi connectivity index (χ0v) is 18.6. The highest BCUT2D eigenvalue weighted by atomic mass is 16.1. The number of rotatable bonds is 7. The number of guanidine groups is 1. The van der Waals surface area contributed by atoms with Crippen LogP contribution in [0.1, 0.15) is 24.8 Å². The molecule has 0 bridgehead atoms. The molecule has 0 unspecified atom stereocenters. The predicted molar refractivity (Wildman–Crippen MR) is 123 cm³/mol. The van der Waals surface area contributed by atoms with Crippen molar-refractivity contribution in [1.82, 2.24) is 25.3 Å². The van der Waals surface area contributed by atoms with Gasteiger partial charge < -0.3 is 15.5 Å². The maximum Gasteiger partial charge on any atom is 0.220 e. The molecule has 2 saturated heterocycles. The lowest BCUT2D eigenvalue weighted by Crippen LogP contribution is -2.50. The molecule has 2 N–H and O–H groups in total. The second kappa shape index (κ2) is 11.9. The van der Waals surface area contributed by atoms with E-state index in [1.165, 1.54) is 5.56 Å². The van der Waals surface area contributed by atoms with E-state index in [2.05, 4.69) is 60.7 Å². The third-order valence-electron chi connectivity index (χ3n) is 6.30. The van der Waals surface area contributed by atoms with Crippen LogP contribution in [0.3, 0.4) is 0 Å². The quantitative estimate of drug-likeness (QED) is 0.519. The topological polar surface area (TPSA) is 63.2 Å². The molecule has 0 aromatic heterocycles. The fourth-order valence-corrected chi connectivity index (χ4v) is 4.38. The lowest BCUT2D eigenvalue weighted by Gasteiger charge is -2.36. The summed E-state index contributed by atoms with van der Waals surface area (Å²) in [5.74, 6) is 1.64. The van der Waals surface area contributed by atoms with Gasteiger partial charge in [0.2, 0.25) is 5.91 Å². The minimum Gasteiger partial charge on any atom is -0.359 e. The van der Waals surface area contributed by atoms with Gasteiger partial charge in [0.15, 0.2) is 5.96 Å². The van der Waals surface area contributed by atoms with Crippen LogP contribution in [0, 0.1) is 5.92 Å². The lowest BCUT2D eigenvalue weighted by atomic mass is 9.93. The van der Waals surface area contributed by atoms with Gasteiger partial charge in [0.05, 0.1) is 0 Å². The molecule has 0 radical (unpaired) electrons. The van der Waals surface area contributed by atoms with Crippen LogP contribution in [0.5, 0.6) is 0 Å². The van der Waals surface area contributed by atoms with Crippen molar-refractivity contribution in [1.29, 1.82) is 0 Å². The number of aliphatic imine (C=N–C) groups is 1. The summed E-state index contributed by atoms with van der Waals surface area (Å²) in [7, 11) is 3.58. The second-order valence-corrected chi connectivity index (χ2v) is 8.39. The molecule has 7 heteroatoms. The van der Waals surface area contributed by atoms with Crippen molar-refractivity contribution in [3.05, 3.63) is 35.9 Å². The summed E-state index contributed by atoms with van der Waals surface area (Å²) in [6, 6.07) is 10.7. The molecule has 2 fully saturated rings. The number of nitrogens with zero attached hydrogens (tertiary/aromatic N) is 4. The number of carbonyl (C=O) groups excluding carboxylic acids is 1. The number of hydrogen-bond donors (Lipinski definition) is 2. The monoisotopic (exact) mass is 414 g/mol. The molecular weight excluding hydrogens is 376 g/mol. The molecule has 0 aliphatic carbocycles. The number of piperidine rings is 1. The van der Waals surface area contributed by atoms with Gasteiger partial charge >= 0.3 is 0 Å². The van der Waals surface area contributed by atoms with Gasteiger partial charge in [-0.1, -0.05) is 30.3 Å². The van der Waals surface area contributed by atoms with Crippen LogP contribution in [0.25, 0.3) is 0 Å². The van der Waals surface area contributed by atoms with Crippen LogP contribution >= 0.6 is 0 Å². The Labute approximate surface area is 181 Å². The second-order valence-electron chi connectivity index (χ2n) is 8.39. The molecule has 1 aromatic rings. The van der Waals surface area contributed by atoms with E-state index in [9.17, 15) is 4.79 Å². The van der Waals surface area contributed by atoms with Crippen LogP contribution < -0.4 is 10.6 Å². The molecule has 2 heterocycles. The number of piperazine rings is 1. The van der Waals surface area contributed by atoms with E-state index in [0.29, 0.717) is 12.3 Å². The third kappa shape index (κ3) is 6.99. The molecule has 7 nitrogen and oxygen atoms in total. The van der Waals surface area contributed by atoms with Crippen molar-refractivity contribution in [3.63, 3.8) is 0 Å². The Hall–Kier alpha value is -2.12. The molecule has 0 saturated carbocycles. The third-order valence-corrected chi connectivity index (χ3v) is 6.30. The molecule has 166 valence electrons. The van der Waals surface area contributed by atoms with E-state index >= 15 is 0 Å². The van der Waals surface area contributed by atoms with Crippen LogP contribution in [0.15, 0.2) is 35.3 Å². The van der Waals surface area contributed by atoms with Crippen LogP contribution in [-0.2, 0) is 11.3 Å². The van der Waals surface area contributed by atoms with Crippen molar-refractivity contribution in [2.75, 3.05) is 66.5 Å². The molecular formula is C23H38N6O. The van der Waals surface area contributed by atoms with Crippen molar-refractivity contribution in [3.8, 4) is 0 Å². The average Bonchev–Trinajstić information content (AvgIpc) is 2.79. The van der Waals surface area contributed by atoms with Gasteiger partial charge in [-0.05, 0) is 24.3 Å². The first-order chi connectivity index (χ1) is 14.7. The summed E-state index contributed by atoms with van der Waals surface area (Å²) in [6.45, 7) is 9.46. The average molecular weight is 415 g/mol. The van der Waals surface area contributed by atoms with Gasteiger partial charge in [0.1, 0.15) is 0 Å². The molecule has 0 atom stereocenters. The summed E-state index contributed by atoms with van der Waals surface area (Å²) in [5.41, 5.74) is 1.40. The normalized spacial score (nSPS) is 19.7. The number of carbonyl (C=O) groups is 1. The zero-order valence-electron chi connectivity index (χ0n) is 18.6. The maximum absolute atomic E-state index is 11.6. The number of amides is 1. The molecule has 0 spiro atoms. The van der Waals surface area contributed by atoms with Crippen molar-refractivity contribution in [2.45, 2.75) is 25.8 Å². The van der Waals surface area contributed by atoms with E-state index < -0.39 is 0 Å². The standard InChI is InChI=1S/C23H38N6O/c1-24-22(30)18-20-8-11-29(12-9-20)23(25-2)26-10-13-27-14-16-28(17-15-27)19-21-6-4-3-5-7-21/h3-7,20H,8-19H2,1-2H3,(H,24,30)(H,25,26). The van der Waals surface area contributed by atoms with Crippen molar-refractivity contribution < 1.29 is 4.79 Å². The largest absolute Gasteiger partial charge is 0.359 e. The summed E-state index contributed by atoms with van der Waals surface area (Å²) in [6.07, 6.45) is 2.75. The minimum absolute atomic E-state index is 0.153. The zero-order chi connectivity index (χ0) is 21.2. The van der Waals surface area contributed by atoms with E-state index in [-0.39, 0.29) is 5.91 Å². The highest BCUT2D eigenvalue weighted by Gasteiger charge is 2.23. The SMILES string of the molecule is CN=C(NCCN1CCN(Cc2ccccc2)CC1)N1CCC(CC(=O)NC)CC1. The fourth-order valence-electron chi connectivity index (χ4n) is 4.38. The van der Waals surface area contributed by atoms with Gasteiger partial charge in [-0.25, -0.2) is 0 Å². The van der Waals surface area contributed by atoms with Gasteiger partial charge in [0.25, 0.3) is 0 Å². The van der Waals surface area contributed by atoms with E-state index in [4.69, 9.17) is 0 Å². The summed E-state index contributed by atoms with van der Waals surface area (Å²) in [5, 5.41) is 6.28. The summed E-state index contributed by atoms with van der Waals surface area (Å²) < 4.78 is 0. The predicted octanol–water partition coefficient (Wildman–Crippen LogP) is 1.23. The van der Waals surface area contributed by atoms with Gasteiger partial charge in [-0.2, -0.15) is 0 Å². The summed E-state index contributed by atoms with van der Waals surface area (Å²) in [4.78, 5) is 23.5. The Morgan fingerprint density at radius 2 is 1.70 bits per heavy atom. The molecule has 1 amide bonds. The van der Waals surface area contributed by atoms with E-state index in [1.54, 1.807) is 7.05 Å². The van der Waals surface area contributed by atoms with E-state index in [1.807, 2.05) is 7.05 Å². The number of hydrogen-bond acceptors (Lipinski definition) is 4. The summed E-state index contributed by atoms with van der Waals surface area (Å²) >= 11 is 0. The van der Waals surface area contributed by atoms with Crippen molar-refractivity contribution >= 4 is 11.9 Å². The Bertz CT molecular complexity index is 664. The van der Waals surface area contributed by atoms with Crippen LogP contribution in [-0.4, -0.2) is 93.0 Å². The molecule has 30 heavy (non-hydrogen) atoms. The van der Waals surface area contributed by atoms with E-state index in [0.717, 1.165) is 77.7 Å². The van der Waals surface area contributed by atoms with Gasteiger partial charge in [-0.15, -0.1) is 0 Å². The molecule has 2 aliphatic heterocycles. The Balaban J connectivity index is 1.31. The number of benzene rings is 1. The van der Waals surface area contributed by atoms with Gasteiger partial charge in [0, 0.05) is 79.4 Å². The first kappa shape index (κ1) is 22.6. The van der Waals surface area contributed by atoms with Gasteiger partial charge in [-0.3, -0.25) is 19.6 Å². The van der Waals surface area contributed by atoms with Crippen molar-refractivity contribution in [2.24, 2.45) is 10.9 Å². The van der Waals surface area contributed by atoms with Crippen LogP contribution in [0.4, 0.5) is 0 Å². The minimum atomic E-state index is 0.153. The van der Waals surface area contributed by atoms with Crippen LogP contribution in [0.2, 0.25) is 0 Å². The fraction of sp³-hybridized carbons (Fsp3) is 0.652.